The Bertz CT molecular complexity index is 901. The largest absolute Gasteiger partial charge is 0.394 e. The van der Waals surface area contributed by atoms with E-state index in [1.165, 1.54) is 205 Å². The van der Waals surface area contributed by atoms with Crippen LogP contribution in [0, 0.1) is 0 Å². The molecule has 0 aliphatic carbocycles. The van der Waals surface area contributed by atoms with Gasteiger partial charge < -0.3 is 20.6 Å². The Labute approximate surface area is 362 Å². The van der Waals surface area contributed by atoms with Crippen molar-refractivity contribution >= 4 is 5.91 Å². The van der Waals surface area contributed by atoms with Crippen molar-refractivity contribution in [2.45, 2.75) is 289 Å². The average Bonchev–Trinajstić information content (AvgIpc) is 3.23. The van der Waals surface area contributed by atoms with Crippen molar-refractivity contribution in [2.24, 2.45) is 0 Å². The molecule has 0 aromatic carbocycles. The molecule has 0 fully saturated rings. The SMILES string of the molecule is CCCCCCCCCCCCCC/C=C/CC/C=C/CC/C=C/C(O)C(CO)NC(=O)C(O)CCCCCCCCCCCCCCCCCCCCCCCC. The molecule has 0 bridgehead atoms. The highest BCUT2D eigenvalue weighted by atomic mass is 16.3. The highest BCUT2D eigenvalue weighted by Gasteiger charge is 2.22. The lowest BCUT2D eigenvalue weighted by molar-refractivity contribution is -0.131. The minimum Gasteiger partial charge on any atom is -0.394 e. The number of hydrogen-bond acceptors (Lipinski definition) is 4. The first-order valence-corrected chi connectivity index (χ1v) is 25.8. The minimum atomic E-state index is -1.11. The Morgan fingerprint density at radius 3 is 1.05 bits per heavy atom. The summed E-state index contributed by atoms with van der Waals surface area (Å²) in [5.41, 5.74) is 0. The molecule has 0 aliphatic rings. The number of nitrogens with one attached hydrogen (secondary N) is 1. The van der Waals surface area contributed by atoms with Gasteiger partial charge >= 0.3 is 0 Å². The van der Waals surface area contributed by atoms with Crippen LogP contribution in [0.5, 0.6) is 0 Å². The second-order valence-corrected chi connectivity index (χ2v) is 17.7. The van der Waals surface area contributed by atoms with Gasteiger partial charge in [0.2, 0.25) is 5.91 Å². The maximum atomic E-state index is 12.5. The third kappa shape index (κ3) is 42.7. The number of carbonyl (C=O) groups excluding carboxylic acids is 1. The number of rotatable bonds is 47. The van der Waals surface area contributed by atoms with Gasteiger partial charge in [-0.1, -0.05) is 262 Å². The first-order valence-electron chi connectivity index (χ1n) is 25.8. The van der Waals surface area contributed by atoms with E-state index in [-0.39, 0.29) is 6.61 Å². The van der Waals surface area contributed by atoms with Crippen molar-refractivity contribution in [1.29, 1.82) is 0 Å². The van der Waals surface area contributed by atoms with Crippen molar-refractivity contribution in [2.75, 3.05) is 6.61 Å². The van der Waals surface area contributed by atoms with Gasteiger partial charge in [0.25, 0.3) is 0 Å². The second kappa shape index (κ2) is 48.2. The first kappa shape index (κ1) is 56.6. The zero-order valence-corrected chi connectivity index (χ0v) is 38.9. The van der Waals surface area contributed by atoms with E-state index in [1.54, 1.807) is 6.08 Å². The normalized spacial score (nSPS) is 13.7. The van der Waals surface area contributed by atoms with Gasteiger partial charge in [-0.05, 0) is 44.9 Å². The molecule has 0 saturated heterocycles. The van der Waals surface area contributed by atoms with Crippen LogP contribution in [0.4, 0.5) is 0 Å². The van der Waals surface area contributed by atoms with E-state index in [0.717, 1.165) is 44.9 Å². The Morgan fingerprint density at radius 1 is 0.414 bits per heavy atom. The highest BCUT2D eigenvalue weighted by molar-refractivity contribution is 5.80. The number of hydrogen-bond donors (Lipinski definition) is 4. The lowest BCUT2D eigenvalue weighted by atomic mass is 10.0. The average molecular weight is 816 g/mol. The van der Waals surface area contributed by atoms with Gasteiger partial charge in [0.05, 0.1) is 18.8 Å². The van der Waals surface area contributed by atoms with Gasteiger partial charge in [-0.15, -0.1) is 0 Å². The van der Waals surface area contributed by atoms with E-state index in [9.17, 15) is 20.1 Å². The predicted molar refractivity (Wildman–Crippen MR) is 254 cm³/mol. The van der Waals surface area contributed by atoms with Gasteiger partial charge in [0.1, 0.15) is 6.10 Å². The lowest BCUT2D eigenvalue weighted by Gasteiger charge is -2.21. The van der Waals surface area contributed by atoms with Crippen LogP contribution in [0.2, 0.25) is 0 Å². The molecule has 0 radical (unpaired) electrons. The molecule has 5 heteroatoms. The van der Waals surface area contributed by atoms with E-state index in [2.05, 4.69) is 43.5 Å². The van der Waals surface area contributed by atoms with Gasteiger partial charge in [-0.3, -0.25) is 4.79 Å². The van der Waals surface area contributed by atoms with Crippen LogP contribution in [-0.2, 0) is 4.79 Å². The van der Waals surface area contributed by atoms with Crippen LogP contribution in [0.1, 0.15) is 271 Å². The number of unbranched alkanes of at least 4 members (excludes halogenated alkanes) is 35. The fourth-order valence-electron chi connectivity index (χ4n) is 7.92. The summed E-state index contributed by atoms with van der Waals surface area (Å²) >= 11 is 0. The smallest absolute Gasteiger partial charge is 0.249 e. The molecule has 0 heterocycles. The van der Waals surface area contributed by atoms with Crippen LogP contribution in [-0.4, -0.2) is 46.1 Å². The molecule has 0 spiro atoms. The number of amides is 1. The molecule has 5 nitrogen and oxygen atoms in total. The van der Waals surface area contributed by atoms with E-state index >= 15 is 0 Å². The zero-order chi connectivity index (χ0) is 42.3. The molecule has 3 unspecified atom stereocenters. The third-order valence-corrected chi connectivity index (χ3v) is 12.0. The Hall–Kier alpha value is -1.43. The standard InChI is InChI=1S/C53H101NO4/c1-3-5-7-9-11-13-15-17-19-21-23-25-27-29-31-33-35-37-39-41-43-45-47-51(56)50(49-55)54-53(58)52(57)48-46-44-42-40-38-36-34-32-30-28-26-24-22-20-18-16-14-12-10-8-6-4-2/h29,31,37,39,45,47,50-52,55-57H,3-28,30,32-36,38,40-44,46,48-49H2,1-2H3,(H,54,58)/b31-29+,39-37+,47-45+. The van der Waals surface area contributed by atoms with Crippen molar-refractivity contribution in [1.82, 2.24) is 5.32 Å². The topological polar surface area (TPSA) is 89.8 Å². The van der Waals surface area contributed by atoms with Crippen molar-refractivity contribution in [3.8, 4) is 0 Å². The molecule has 0 aromatic rings. The first-order chi connectivity index (χ1) is 28.6. The fraction of sp³-hybridized carbons (Fsp3) is 0.868. The zero-order valence-electron chi connectivity index (χ0n) is 38.9. The summed E-state index contributed by atoms with van der Waals surface area (Å²) in [6.45, 7) is 4.19. The van der Waals surface area contributed by atoms with Crippen LogP contribution in [0.25, 0.3) is 0 Å². The number of aliphatic hydroxyl groups is 3. The van der Waals surface area contributed by atoms with Crippen LogP contribution >= 0.6 is 0 Å². The van der Waals surface area contributed by atoms with Crippen LogP contribution in [0.15, 0.2) is 36.5 Å². The maximum Gasteiger partial charge on any atom is 0.249 e. The lowest BCUT2D eigenvalue weighted by Crippen LogP contribution is -2.48. The molecule has 1 amide bonds. The fourth-order valence-corrected chi connectivity index (χ4v) is 7.92. The van der Waals surface area contributed by atoms with Gasteiger partial charge in [-0.25, -0.2) is 0 Å². The van der Waals surface area contributed by atoms with E-state index in [0.29, 0.717) is 6.42 Å². The summed E-state index contributed by atoms with van der Waals surface area (Å²) in [7, 11) is 0. The number of allylic oxidation sites excluding steroid dienone is 5. The van der Waals surface area contributed by atoms with Gasteiger partial charge in [0.15, 0.2) is 0 Å². The van der Waals surface area contributed by atoms with Crippen LogP contribution in [0.3, 0.4) is 0 Å². The number of carbonyl (C=O) groups is 1. The van der Waals surface area contributed by atoms with Gasteiger partial charge in [0, 0.05) is 0 Å². The molecule has 0 aliphatic heterocycles. The Morgan fingerprint density at radius 2 is 0.707 bits per heavy atom. The van der Waals surface area contributed by atoms with E-state index in [4.69, 9.17) is 0 Å². The summed E-state index contributed by atoms with van der Waals surface area (Å²) in [6.07, 6.45) is 62.0. The van der Waals surface area contributed by atoms with Crippen LogP contribution < -0.4 is 5.32 Å². The van der Waals surface area contributed by atoms with E-state index < -0.39 is 24.2 Å². The monoisotopic (exact) mass is 816 g/mol. The van der Waals surface area contributed by atoms with E-state index in [1.807, 2.05) is 6.08 Å². The summed E-state index contributed by atoms with van der Waals surface area (Å²) in [4.78, 5) is 12.5. The number of aliphatic hydroxyl groups excluding tert-OH is 3. The molecule has 3 atom stereocenters. The summed E-state index contributed by atoms with van der Waals surface area (Å²) in [5, 5.41) is 33.3. The Kier molecular flexibility index (Phi) is 47.0. The summed E-state index contributed by atoms with van der Waals surface area (Å²) in [5.74, 6) is -0.513. The molecule has 58 heavy (non-hydrogen) atoms. The molecule has 4 N–H and O–H groups in total. The molecule has 0 rings (SSSR count). The molecule has 0 saturated carbocycles. The molecular weight excluding hydrogens is 715 g/mol. The second-order valence-electron chi connectivity index (χ2n) is 17.7. The maximum absolute atomic E-state index is 12.5. The molecule has 342 valence electrons. The van der Waals surface area contributed by atoms with Crippen molar-refractivity contribution in [3.05, 3.63) is 36.5 Å². The molecular formula is C53H101NO4. The van der Waals surface area contributed by atoms with Crippen molar-refractivity contribution < 1.29 is 20.1 Å². The summed E-state index contributed by atoms with van der Waals surface area (Å²) < 4.78 is 0. The highest BCUT2D eigenvalue weighted by Crippen LogP contribution is 2.17. The Balaban J connectivity index is 3.66. The van der Waals surface area contributed by atoms with Crippen molar-refractivity contribution in [3.63, 3.8) is 0 Å². The predicted octanol–water partition coefficient (Wildman–Crippen LogP) is 15.5. The quantitative estimate of drug-likeness (QED) is 0.0364. The minimum absolute atomic E-state index is 0.379. The summed E-state index contributed by atoms with van der Waals surface area (Å²) in [6, 6.07) is -0.819. The molecule has 0 aromatic heterocycles. The third-order valence-electron chi connectivity index (χ3n) is 12.0. The van der Waals surface area contributed by atoms with Gasteiger partial charge in [-0.2, -0.15) is 0 Å².